The first-order valence-electron chi connectivity index (χ1n) is 6.49. The van der Waals surface area contributed by atoms with Crippen LogP contribution in [0.4, 0.5) is 0 Å². The van der Waals surface area contributed by atoms with Crippen LogP contribution in [0, 0.1) is 5.41 Å². The second-order valence-electron chi connectivity index (χ2n) is 5.34. The maximum atomic E-state index is 11.7. The van der Waals surface area contributed by atoms with Crippen molar-refractivity contribution in [3.63, 3.8) is 0 Å². The molecule has 1 fully saturated rings. The molecule has 6 nitrogen and oxygen atoms in total. The minimum absolute atomic E-state index is 0.0929. The first-order valence-corrected chi connectivity index (χ1v) is 6.49. The summed E-state index contributed by atoms with van der Waals surface area (Å²) < 4.78 is 4.95. The Bertz CT molecular complexity index is 390. The second kappa shape index (κ2) is 5.69. The fraction of sp³-hybridized carbons (Fsp3) is 0.769. The number of esters is 1. The van der Waals surface area contributed by atoms with Gasteiger partial charge in [0.1, 0.15) is 0 Å². The normalized spacial score (nSPS) is 25.3. The van der Waals surface area contributed by atoms with Crippen molar-refractivity contribution in [1.29, 1.82) is 0 Å². The van der Waals surface area contributed by atoms with Crippen molar-refractivity contribution >= 4 is 17.8 Å². The molecule has 1 rings (SSSR count). The summed E-state index contributed by atoms with van der Waals surface area (Å²) in [5, 5.41) is 12.4. The van der Waals surface area contributed by atoms with Gasteiger partial charge < -0.3 is 9.84 Å². The number of aliphatic hydroxyl groups is 1. The van der Waals surface area contributed by atoms with E-state index in [9.17, 15) is 19.5 Å². The van der Waals surface area contributed by atoms with Crippen molar-refractivity contribution < 1.29 is 24.2 Å². The third-order valence-electron chi connectivity index (χ3n) is 3.66. The van der Waals surface area contributed by atoms with Crippen LogP contribution in [-0.2, 0) is 19.1 Å². The molecule has 1 aliphatic heterocycles. The first kappa shape index (κ1) is 15.6. The number of hydrogen-bond acceptors (Lipinski definition) is 5. The minimum Gasteiger partial charge on any atom is -0.466 e. The van der Waals surface area contributed by atoms with Crippen LogP contribution >= 0.6 is 0 Å². The number of imide groups is 1. The van der Waals surface area contributed by atoms with Crippen molar-refractivity contribution in [2.24, 2.45) is 5.41 Å². The van der Waals surface area contributed by atoms with Crippen LogP contribution in [0.3, 0.4) is 0 Å². The molecule has 0 aromatic rings. The monoisotopic (exact) mass is 271 g/mol. The standard InChI is InChI=1S/C13H21NO5/c1-4-5-8-19-9(15)6-7-13(18)11(17)14-10(16)12(13,2)3/h18H,4-8H2,1-3H3,(H,14,16,17). The molecule has 0 bridgehead atoms. The van der Waals surface area contributed by atoms with Gasteiger partial charge in [-0.3, -0.25) is 19.7 Å². The molecule has 1 unspecified atom stereocenters. The van der Waals surface area contributed by atoms with Gasteiger partial charge in [-0.1, -0.05) is 13.3 Å². The molecule has 108 valence electrons. The van der Waals surface area contributed by atoms with E-state index in [4.69, 9.17) is 4.74 Å². The number of carbonyl (C=O) groups excluding carboxylic acids is 3. The lowest BCUT2D eigenvalue weighted by molar-refractivity contribution is -0.153. The lowest BCUT2D eigenvalue weighted by Gasteiger charge is -2.31. The SMILES string of the molecule is CCCCOC(=O)CCC1(O)C(=O)NC(=O)C1(C)C. The van der Waals surface area contributed by atoms with E-state index in [-0.39, 0.29) is 12.8 Å². The maximum absolute atomic E-state index is 11.7. The summed E-state index contributed by atoms with van der Waals surface area (Å²) in [6.07, 6.45) is 1.48. The molecule has 0 aromatic carbocycles. The molecule has 2 amide bonds. The van der Waals surface area contributed by atoms with Crippen LogP contribution in [0.5, 0.6) is 0 Å². The fourth-order valence-corrected chi connectivity index (χ4v) is 1.95. The third kappa shape index (κ3) is 2.94. The average molecular weight is 271 g/mol. The zero-order valence-electron chi connectivity index (χ0n) is 11.6. The van der Waals surface area contributed by atoms with E-state index < -0.39 is 28.8 Å². The molecule has 1 saturated heterocycles. The van der Waals surface area contributed by atoms with Crippen LogP contribution in [0.2, 0.25) is 0 Å². The van der Waals surface area contributed by atoms with Gasteiger partial charge >= 0.3 is 5.97 Å². The van der Waals surface area contributed by atoms with Crippen molar-refractivity contribution in [2.45, 2.75) is 52.1 Å². The van der Waals surface area contributed by atoms with Gasteiger partial charge in [0.2, 0.25) is 5.91 Å². The van der Waals surface area contributed by atoms with Crippen LogP contribution in [0.15, 0.2) is 0 Å². The van der Waals surface area contributed by atoms with Crippen LogP contribution in [-0.4, -0.2) is 35.1 Å². The summed E-state index contributed by atoms with van der Waals surface area (Å²) in [6, 6.07) is 0. The Balaban J connectivity index is 2.58. The number of ether oxygens (including phenoxy) is 1. The fourth-order valence-electron chi connectivity index (χ4n) is 1.95. The highest BCUT2D eigenvalue weighted by atomic mass is 16.5. The van der Waals surface area contributed by atoms with Crippen molar-refractivity contribution in [3.05, 3.63) is 0 Å². The van der Waals surface area contributed by atoms with Gasteiger partial charge in [-0.25, -0.2) is 0 Å². The molecule has 1 heterocycles. The van der Waals surface area contributed by atoms with Crippen LogP contribution in [0.1, 0.15) is 46.5 Å². The lowest BCUT2D eigenvalue weighted by atomic mass is 9.74. The van der Waals surface area contributed by atoms with Crippen LogP contribution < -0.4 is 5.32 Å². The molecule has 0 saturated carbocycles. The van der Waals surface area contributed by atoms with E-state index in [0.29, 0.717) is 6.61 Å². The Morgan fingerprint density at radius 2 is 1.95 bits per heavy atom. The Morgan fingerprint density at radius 3 is 2.42 bits per heavy atom. The topological polar surface area (TPSA) is 92.7 Å². The number of carbonyl (C=O) groups is 3. The van der Waals surface area contributed by atoms with E-state index in [2.05, 4.69) is 5.32 Å². The number of rotatable bonds is 6. The van der Waals surface area contributed by atoms with Gasteiger partial charge in [-0.15, -0.1) is 0 Å². The van der Waals surface area contributed by atoms with Gasteiger partial charge in [0.05, 0.1) is 12.0 Å². The molecule has 1 aliphatic rings. The number of hydrogen-bond donors (Lipinski definition) is 2. The zero-order valence-corrected chi connectivity index (χ0v) is 11.6. The molecule has 19 heavy (non-hydrogen) atoms. The summed E-state index contributed by atoms with van der Waals surface area (Å²) in [5.41, 5.74) is -3.10. The molecular weight excluding hydrogens is 250 g/mol. The predicted octanol–water partition coefficient (Wildman–Crippen LogP) is 0.524. The minimum atomic E-state index is -1.85. The van der Waals surface area contributed by atoms with Crippen molar-refractivity contribution in [3.8, 4) is 0 Å². The van der Waals surface area contributed by atoms with Gasteiger partial charge in [0.15, 0.2) is 5.60 Å². The van der Waals surface area contributed by atoms with Crippen molar-refractivity contribution in [1.82, 2.24) is 5.32 Å². The number of unbranched alkanes of at least 4 members (excludes halogenated alkanes) is 1. The summed E-state index contributed by atoms with van der Waals surface area (Å²) in [7, 11) is 0. The molecular formula is C13H21NO5. The van der Waals surface area contributed by atoms with Crippen molar-refractivity contribution in [2.75, 3.05) is 6.61 Å². The molecule has 6 heteroatoms. The average Bonchev–Trinajstić information content (AvgIpc) is 2.49. The lowest BCUT2D eigenvalue weighted by Crippen LogP contribution is -2.48. The highest BCUT2D eigenvalue weighted by molar-refractivity contribution is 6.11. The Morgan fingerprint density at radius 1 is 1.32 bits per heavy atom. The maximum Gasteiger partial charge on any atom is 0.305 e. The molecule has 0 aromatic heterocycles. The summed E-state index contributed by atoms with van der Waals surface area (Å²) in [5.74, 6) is -1.74. The summed E-state index contributed by atoms with van der Waals surface area (Å²) in [4.78, 5) is 34.7. The van der Waals surface area contributed by atoms with E-state index >= 15 is 0 Å². The third-order valence-corrected chi connectivity index (χ3v) is 3.66. The highest BCUT2D eigenvalue weighted by Crippen LogP contribution is 2.39. The number of amides is 2. The Hall–Kier alpha value is -1.43. The second-order valence-corrected chi connectivity index (χ2v) is 5.34. The first-order chi connectivity index (χ1) is 8.75. The summed E-state index contributed by atoms with van der Waals surface area (Å²) >= 11 is 0. The molecule has 0 radical (unpaired) electrons. The molecule has 2 N–H and O–H groups in total. The highest BCUT2D eigenvalue weighted by Gasteiger charge is 2.60. The van der Waals surface area contributed by atoms with Gasteiger partial charge in [-0.05, 0) is 26.7 Å². The van der Waals surface area contributed by atoms with E-state index in [0.717, 1.165) is 12.8 Å². The Kier molecular flexibility index (Phi) is 4.68. The van der Waals surface area contributed by atoms with Gasteiger partial charge in [0, 0.05) is 6.42 Å². The molecule has 0 aliphatic carbocycles. The largest absolute Gasteiger partial charge is 0.466 e. The van der Waals surface area contributed by atoms with Gasteiger partial charge in [-0.2, -0.15) is 0 Å². The quantitative estimate of drug-likeness (QED) is 0.417. The van der Waals surface area contributed by atoms with E-state index in [1.165, 1.54) is 13.8 Å². The smallest absolute Gasteiger partial charge is 0.305 e. The van der Waals surface area contributed by atoms with Gasteiger partial charge in [0.25, 0.3) is 5.91 Å². The van der Waals surface area contributed by atoms with E-state index in [1.807, 2.05) is 6.92 Å². The number of nitrogens with one attached hydrogen (secondary N) is 1. The molecule has 1 atom stereocenters. The zero-order chi connectivity index (χ0) is 14.7. The van der Waals surface area contributed by atoms with E-state index in [1.54, 1.807) is 0 Å². The molecule has 0 spiro atoms. The summed E-state index contributed by atoms with van der Waals surface area (Å²) in [6.45, 7) is 5.28. The predicted molar refractivity (Wildman–Crippen MR) is 67.0 cm³/mol. The Labute approximate surface area is 112 Å². The van der Waals surface area contributed by atoms with Crippen LogP contribution in [0.25, 0.3) is 0 Å².